The second kappa shape index (κ2) is 3.58. The average molecular weight is 175 g/mol. The molecular formula is C10H13N3. The average Bonchev–Trinajstić information content (AvgIpc) is 2.19. The molecule has 2 heterocycles. The molecule has 0 bridgehead atoms. The number of nitrogens with two attached hydrogens (primary N) is 1. The number of rotatable bonds is 1. The van der Waals surface area contributed by atoms with Gasteiger partial charge < -0.3 is 11.1 Å². The van der Waals surface area contributed by atoms with Crippen molar-refractivity contribution in [2.75, 3.05) is 18.8 Å². The van der Waals surface area contributed by atoms with Crippen LogP contribution in [0.5, 0.6) is 0 Å². The van der Waals surface area contributed by atoms with Crippen LogP contribution in [0, 0.1) is 0 Å². The first-order valence-electron chi connectivity index (χ1n) is 4.47. The molecule has 1 aliphatic rings. The van der Waals surface area contributed by atoms with Crippen LogP contribution in [0.25, 0.3) is 5.57 Å². The van der Waals surface area contributed by atoms with Crippen LogP contribution in [0.2, 0.25) is 0 Å². The summed E-state index contributed by atoms with van der Waals surface area (Å²) in [7, 11) is 0. The number of hydrogen-bond acceptors (Lipinski definition) is 3. The van der Waals surface area contributed by atoms with Gasteiger partial charge in [0.25, 0.3) is 0 Å². The van der Waals surface area contributed by atoms with Gasteiger partial charge in [-0.15, -0.1) is 0 Å². The van der Waals surface area contributed by atoms with Crippen molar-refractivity contribution in [2.24, 2.45) is 0 Å². The highest BCUT2D eigenvalue weighted by atomic mass is 14.9. The Labute approximate surface area is 77.7 Å². The number of nitrogens with one attached hydrogen (secondary N) is 1. The Morgan fingerprint density at radius 3 is 3.00 bits per heavy atom. The Balaban J connectivity index is 2.29. The van der Waals surface area contributed by atoms with Crippen molar-refractivity contribution in [2.45, 2.75) is 6.42 Å². The summed E-state index contributed by atoms with van der Waals surface area (Å²) in [5, 5.41) is 3.32. The van der Waals surface area contributed by atoms with E-state index in [0.29, 0.717) is 0 Å². The molecule has 0 spiro atoms. The third-order valence-corrected chi connectivity index (χ3v) is 2.16. The summed E-state index contributed by atoms with van der Waals surface area (Å²) in [6.07, 6.45) is 6.85. The van der Waals surface area contributed by atoms with E-state index in [1.54, 1.807) is 6.20 Å². The van der Waals surface area contributed by atoms with E-state index >= 15 is 0 Å². The number of aromatic nitrogens is 1. The summed E-state index contributed by atoms with van der Waals surface area (Å²) in [6.45, 7) is 1.99. The number of anilines is 1. The molecule has 3 heteroatoms. The molecule has 3 nitrogen and oxygen atoms in total. The minimum Gasteiger partial charge on any atom is -0.397 e. The molecule has 0 unspecified atom stereocenters. The van der Waals surface area contributed by atoms with Crippen molar-refractivity contribution >= 4 is 11.3 Å². The Morgan fingerprint density at radius 1 is 1.38 bits per heavy atom. The zero-order valence-electron chi connectivity index (χ0n) is 7.46. The zero-order chi connectivity index (χ0) is 9.10. The fourth-order valence-corrected chi connectivity index (χ4v) is 1.50. The molecule has 0 amide bonds. The number of nitrogen functional groups attached to an aromatic ring is 1. The van der Waals surface area contributed by atoms with E-state index in [9.17, 15) is 0 Å². The van der Waals surface area contributed by atoms with Crippen molar-refractivity contribution in [3.63, 3.8) is 0 Å². The molecule has 0 aliphatic carbocycles. The first-order chi connectivity index (χ1) is 6.36. The molecule has 1 aromatic heterocycles. The molecule has 0 saturated carbocycles. The van der Waals surface area contributed by atoms with E-state index < -0.39 is 0 Å². The highest BCUT2D eigenvalue weighted by molar-refractivity contribution is 5.69. The molecule has 3 N–H and O–H groups in total. The van der Waals surface area contributed by atoms with Crippen molar-refractivity contribution in [1.29, 1.82) is 0 Å². The van der Waals surface area contributed by atoms with Crippen molar-refractivity contribution in [1.82, 2.24) is 10.3 Å². The maximum Gasteiger partial charge on any atom is 0.0506 e. The second-order valence-electron chi connectivity index (χ2n) is 3.20. The van der Waals surface area contributed by atoms with Gasteiger partial charge in [0.15, 0.2) is 0 Å². The third-order valence-electron chi connectivity index (χ3n) is 2.16. The van der Waals surface area contributed by atoms with Gasteiger partial charge in [0.05, 0.1) is 5.69 Å². The Morgan fingerprint density at radius 2 is 2.31 bits per heavy atom. The van der Waals surface area contributed by atoms with Gasteiger partial charge in [0.2, 0.25) is 0 Å². The zero-order valence-corrected chi connectivity index (χ0v) is 7.46. The molecule has 68 valence electrons. The van der Waals surface area contributed by atoms with Crippen LogP contribution in [0.3, 0.4) is 0 Å². The van der Waals surface area contributed by atoms with Crippen LogP contribution in [0.1, 0.15) is 12.0 Å². The van der Waals surface area contributed by atoms with Gasteiger partial charge in [-0.05, 0) is 30.2 Å². The molecule has 0 fully saturated rings. The highest BCUT2D eigenvalue weighted by Gasteiger charge is 2.05. The van der Waals surface area contributed by atoms with Crippen LogP contribution < -0.4 is 11.1 Å². The maximum atomic E-state index is 5.66. The van der Waals surface area contributed by atoms with E-state index in [-0.39, 0.29) is 0 Å². The standard InChI is InChI=1S/C10H13N3/c11-10-4-9(6-13-7-10)8-2-1-3-12-5-8/h2,4,6-7,12H,1,3,5,11H2. The summed E-state index contributed by atoms with van der Waals surface area (Å²) in [5.41, 5.74) is 8.81. The lowest BCUT2D eigenvalue weighted by atomic mass is 10.0. The Hall–Kier alpha value is -1.35. The van der Waals surface area contributed by atoms with Crippen LogP contribution in [-0.2, 0) is 0 Å². The third kappa shape index (κ3) is 1.87. The lowest BCUT2D eigenvalue weighted by Gasteiger charge is -2.14. The number of hydrogen-bond donors (Lipinski definition) is 2. The molecule has 0 radical (unpaired) electrons. The van der Waals surface area contributed by atoms with E-state index in [4.69, 9.17) is 5.73 Å². The van der Waals surface area contributed by atoms with Crippen LogP contribution in [0.4, 0.5) is 5.69 Å². The summed E-state index contributed by atoms with van der Waals surface area (Å²) in [4.78, 5) is 4.07. The van der Waals surface area contributed by atoms with Gasteiger partial charge in [0.1, 0.15) is 0 Å². The monoisotopic (exact) mass is 175 g/mol. The molecular weight excluding hydrogens is 162 g/mol. The maximum absolute atomic E-state index is 5.66. The van der Waals surface area contributed by atoms with Crippen LogP contribution >= 0.6 is 0 Å². The Kier molecular flexibility index (Phi) is 2.27. The molecule has 0 aromatic carbocycles. The van der Waals surface area contributed by atoms with Gasteiger partial charge in [-0.2, -0.15) is 0 Å². The minimum absolute atomic E-state index is 0.726. The second-order valence-corrected chi connectivity index (χ2v) is 3.20. The van der Waals surface area contributed by atoms with Crippen molar-refractivity contribution < 1.29 is 0 Å². The normalized spacial score (nSPS) is 16.8. The van der Waals surface area contributed by atoms with E-state index in [2.05, 4.69) is 16.4 Å². The quantitative estimate of drug-likeness (QED) is 0.670. The van der Waals surface area contributed by atoms with Crippen LogP contribution in [0.15, 0.2) is 24.5 Å². The lowest BCUT2D eigenvalue weighted by molar-refractivity contribution is 0.739. The van der Waals surface area contributed by atoms with E-state index in [1.165, 1.54) is 5.57 Å². The van der Waals surface area contributed by atoms with Crippen molar-refractivity contribution in [3.05, 3.63) is 30.1 Å². The predicted octanol–water partition coefficient (Wildman–Crippen LogP) is 1.04. The Bertz CT molecular complexity index is 331. The van der Waals surface area contributed by atoms with Gasteiger partial charge in [-0.25, -0.2) is 0 Å². The number of pyridine rings is 1. The van der Waals surface area contributed by atoms with Gasteiger partial charge in [0, 0.05) is 18.9 Å². The van der Waals surface area contributed by atoms with Crippen molar-refractivity contribution in [3.8, 4) is 0 Å². The van der Waals surface area contributed by atoms with Gasteiger partial charge >= 0.3 is 0 Å². The molecule has 0 atom stereocenters. The SMILES string of the molecule is Nc1cncc(C2=CCCNC2)c1. The lowest BCUT2D eigenvalue weighted by Crippen LogP contribution is -2.21. The number of nitrogens with zero attached hydrogens (tertiary/aromatic N) is 1. The molecule has 1 aliphatic heterocycles. The largest absolute Gasteiger partial charge is 0.397 e. The first-order valence-corrected chi connectivity index (χ1v) is 4.47. The first kappa shape index (κ1) is 8.26. The molecule has 2 rings (SSSR count). The minimum atomic E-state index is 0.726. The summed E-state index contributed by atoms with van der Waals surface area (Å²) < 4.78 is 0. The summed E-state index contributed by atoms with van der Waals surface area (Å²) in [5.74, 6) is 0. The van der Waals surface area contributed by atoms with E-state index in [0.717, 1.165) is 30.8 Å². The van der Waals surface area contributed by atoms with Crippen LogP contribution in [-0.4, -0.2) is 18.1 Å². The fourth-order valence-electron chi connectivity index (χ4n) is 1.50. The predicted molar refractivity (Wildman–Crippen MR) is 54.1 cm³/mol. The highest BCUT2D eigenvalue weighted by Crippen LogP contribution is 2.17. The van der Waals surface area contributed by atoms with Gasteiger partial charge in [-0.3, -0.25) is 4.98 Å². The molecule has 1 aromatic rings. The molecule has 13 heavy (non-hydrogen) atoms. The summed E-state index contributed by atoms with van der Waals surface area (Å²) >= 11 is 0. The van der Waals surface area contributed by atoms with E-state index in [1.807, 2.05) is 12.3 Å². The topological polar surface area (TPSA) is 50.9 Å². The smallest absolute Gasteiger partial charge is 0.0506 e. The molecule has 0 saturated heterocycles. The summed E-state index contributed by atoms with van der Waals surface area (Å²) in [6, 6.07) is 1.96. The fraction of sp³-hybridized carbons (Fsp3) is 0.300. The van der Waals surface area contributed by atoms with Gasteiger partial charge in [-0.1, -0.05) is 6.08 Å².